The summed E-state index contributed by atoms with van der Waals surface area (Å²) in [5.74, 6) is -0.686. The van der Waals surface area contributed by atoms with Crippen LogP contribution in [0.25, 0.3) is 11.4 Å². The largest absolute Gasteiger partial charge is 0.352 e. The maximum atomic E-state index is 12.4. The van der Waals surface area contributed by atoms with E-state index in [4.69, 9.17) is 4.52 Å². The summed E-state index contributed by atoms with van der Waals surface area (Å²) >= 11 is 0. The molecule has 1 amide bonds. The molecule has 0 radical (unpaired) electrons. The molecule has 0 aromatic carbocycles. The highest BCUT2D eigenvalue weighted by molar-refractivity contribution is 7.92. The van der Waals surface area contributed by atoms with E-state index >= 15 is 0 Å². The molecule has 9 heteroatoms. The molecule has 0 aliphatic heterocycles. The standard InChI is InChI=1S/C14H18N4O4S/c1-3-4-8-16-13(19)11-12(10-7-5-6-9-15-10)17-22-14(11)18-23(2,20)21/h5-7,9,18H,3-4,8H2,1-2H3,(H,16,19). The number of carbonyl (C=O) groups is 1. The average molecular weight is 338 g/mol. The van der Waals surface area contributed by atoms with Crippen molar-refractivity contribution in [3.63, 3.8) is 0 Å². The van der Waals surface area contributed by atoms with Gasteiger partial charge in [-0.15, -0.1) is 0 Å². The molecule has 0 bridgehead atoms. The first kappa shape index (κ1) is 16.9. The molecule has 0 atom stereocenters. The van der Waals surface area contributed by atoms with Gasteiger partial charge in [0.05, 0.1) is 11.9 Å². The fraction of sp³-hybridized carbons (Fsp3) is 0.357. The van der Waals surface area contributed by atoms with Crippen LogP contribution in [0.3, 0.4) is 0 Å². The number of unbranched alkanes of at least 4 members (excludes halogenated alkanes) is 1. The zero-order chi connectivity index (χ0) is 16.9. The summed E-state index contributed by atoms with van der Waals surface area (Å²) in [6.45, 7) is 2.47. The average Bonchev–Trinajstić information content (AvgIpc) is 2.90. The molecule has 0 fully saturated rings. The van der Waals surface area contributed by atoms with Crippen molar-refractivity contribution in [3.05, 3.63) is 30.0 Å². The van der Waals surface area contributed by atoms with Gasteiger partial charge in [0.2, 0.25) is 10.0 Å². The lowest BCUT2D eigenvalue weighted by molar-refractivity contribution is 0.0954. The van der Waals surface area contributed by atoms with Gasteiger partial charge in [0.25, 0.3) is 11.8 Å². The molecule has 0 saturated heterocycles. The molecule has 0 aliphatic rings. The van der Waals surface area contributed by atoms with E-state index in [1.165, 1.54) is 0 Å². The van der Waals surface area contributed by atoms with Crippen molar-refractivity contribution in [3.8, 4) is 11.4 Å². The van der Waals surface area contributed by atoms with Crippen molar-refractivity contribution in [2.75, 3.05) is 17.5 Å². The first-order valence-corrected chi connectivity index (χ1v) is 8.98. The number of nitrogens with zero attached hydrogens (tertiary/aromatic N) is 2. The quantitative estimate of drug-likeness (QED) is 0.742. The zero-order valence-electron chi connectivity index (χ0n) is 12.9. The van der Waals surface area contributed by atoms with E-state index in [-0.39, 0.29) is 17.1 Å². The Balaban J connectivity index is 2.41. The summed E-state index contributed by atoms with van der Waals surface area (Å²) in [4.78, 5) is 16.5. The van der Waals surface area contributed by atoms with Gasteiger partial charge < -0.3 is 9.84 Å². The van der Waals surface area contributed by atoms with Gasteiger partial charge in [-0.1, -0.05) is 24.6 Å². The minimum absolute atomic E-state index is 0.0187. The fourth-order valence-electron chi connectivity index (χ4n) is 1.88. The predicted molar refractivity (Wildman–Crippen MR) is 85.4 cm³/mol. The number of nitrogens with one attached hydrogen (secondary N) is 2. The van der Waals surface area contributed by atoms with Crippen molar-refractivity contribution in [1.29, 1.82) is 0 Å². The second kappa shape index (κ2) is 7.23. The lowest BCUT2D eigenvalue weighted by Gasteiger charge is -2.06. The Morgan fingerprint density at radius 3 is 2.74 bits per heavy atom. The number of carbonyl (C=O) groups excluding carboxylic acids is 1. The predicted octanol–water partition coefficient (Wildman–Crippen LogP) is 1.64. The van der Waals surface area contributed by atoms with E-state index in [2.05, 4.69) is 20.2 Å². The molecule has 0 saturated carbocycles. The van der Waals surface area contributed by atoms with Crippen molar-refractivity contribution in [2.45, 2.75) is 19.8 Å². The third kappa shape index (κ3) is 4.52. The highest BCUT2D eigenvalue weighted by Gasteiger charge is 2.26. The van der Waals surface area contributed by atoms with E-state index in [9.17, 15) is 13.2 Å². The van der Waals surface area contributed by atoms with Crippen molar-refractivity contribution < 1.29 is 17.7 Å². The van der Waals surface area contributed by atoms with E-state index in [0.29, 0.717) is 12.2 Å². The number of aromatic nitrogens is 2. The van der Waals surface area contributed by atoms with Crippen molar-refractivity contribution >= 4 is 21.8 Å². The number of anilines is 1. The third-order valence-electron chi connectivity index (χ3n) is 2.92. The molecule has 0 spiro atoms. The van der Waals surface area contributed by atoms with Crippen LogP contribution in [0.4, 0.5) is 5.88 Å². The van der Waals surface area contributed by atoms with E-state index in [1.807, 2.05) is 6.92 Å². The Bertz CT molecular complexity index is 771. The van der Waals surface area contributed by atoms with Crippen LogP contribution < -0.4 is 10.0 Å². The van der Waals surface area contributed by atoms with Crippen LogP contribution in [0.1, 0.15) is 30.1 Å². The minimum Gasteiger partial charge on any atom is -0.352 e. The molecule has 0 unspecified atom stereocenters. The first-order chi connectivity index (χ1) is 10.9. The van der Waals surface area contributed by atoms with Crippen LogP contribution in [0.5, 0.6) is 0 Å². The highest BCUT2D eigenvalue weighted by atomic mass is 32.2. The molecular formula is C14H18N4O4S. The number of sulfonamides is 1. The van der Waals surface area contributed by atoms with Gasteiger partial charge in [-0.05, 0) is 18.6 Å². The lowest BCUT2D eigenvalue weighted by Crippen LogP contribution is -2.26. The maximum absolute atomic E-state index is 12.4. The number of rotatable bonds is 7. The van der Waals surface area contributed by atoms with Gasteiger partial charge in [-0.25, -0.2) is 8.42 Å². The molecule has 2 N–H and O–H groups in total. The molecule has 2 heterocycles. The van der Waals surface area contributed by atoms with E-state index in [1.54, 1.807) is 24.4 Å². The first-order valence-electron chi connectivity index (χ1n) is 7.09. The molecule has 0 aliphatic carbocycles. The maximum Gasteiger partial charge on any atom is 0.259 e. The van der Waals surface area contributed by atoms with E-state index in [0.717, 1.165) is 19.1 Å². The second-order valence-corrected chi connectivity index (χ2v) is 6.68. The Kier molecular flexibility index (Phi) is 5.32. The Morgan fingerprint density at radius 2 is 2.13 bits per heavy atom. The summed E-state index contributed by atoms with van der Waals surface area (Å²) in [7, 11) is -3.61. The fourth-order valence-corrected chi connectivity index (χ4v) is 2.36. The summed E-state index contributed by atoms with van der Waals surface area (Å²) in [5.41, 5.74) is 0.620. The number of pyridine rings is 1. The Morgan fingerprint density at radius 1 is 1.35 bits per heavy atom. The van der Waals surface area contributed by atoms with E-state index < -0.39 is 15.9 Å². The molecule has 2 rings (SSSR count). The molecule has 124 valence electrons. The number of amides is 1. The Hall–Kier alpha value is -2.42. The Labute approximate surface area is 134 Å². The SMILES string of the molecule is CCCCNC(=O)c1c(-c2ccccn2)noc1NS(C)(=O)=O. The summed E-state index contributed by atoms with van der Waals surface area (Å²) in [6, 6.07) is 5.12. The van der Waals surface area contributed by atoms with Crippen molar-refractivity contribution in [1.82, 2.24) is 15.5 Å². The van der Waals surface area contributed by atoms with Crippen LogP contribution >= 0.6 is 0 Å². The van der Waals surface area contributed by atoms with Crippen LogP contribution in [0, 0.1) is 0 Å². The van der Waals surface area contributed by atoms with Crippen LogP contribution in [0.15, 0.2) is 28.9 Å². The topological polar surface area (TPSA) is 114 Å². The number of hydrogen-bond donors (Lipinski definition) is 2. The van der Waals surface area contributed by atoms with Gasteiger partial charge in [-0.2, -0.15) is 0 Å². The van der Waals surface area contributed by atoms with Gasteiger partial charge in [0.15, 0.2) is 0 Å². The normalized spacial score (nSPS) is 11.2. The van der Waals surface area contributed by atoms with Gasteiger partial charge in [0, 0.05) is 12.7 Å². The monoisotopic (exact) mass is 338 g/mol. The van der Waals surface area contributed by atoms with Crippen LogP contribution in [-0.4, -0.2) is 37.3 Å². The molecule has 8 nitrogen and oxygen atoms in total. The van der Waals surface area contributed by atoms with Crippen molar-refractivity contribution in [2.24, 2.45) is 0 Å². The smallest absolute Gasteiger partial charge is 0.259 e. The molecule has 23 heavy (non-hydrogen) atoms. The number of hydrogen-bond acceptors (Lipinski definition) is 6. The van der Waals surface area contributed by atoms with Gasteiger partial charge in [-0.3, -0.25) is 14.5 Å². The third-order valence-corrected chi connectivity index (χ3v) is 3.48. The summed E-state index contributed by atoms with van der Waals surface area (Å²) in [5, 5.41) is 6.52. The molecular weight excluding hydrogens is 320 g/mol. The van der Waals surface area contributed by atoms with Gasteiger partial charge >= 0.3 is 0 Å². The molecule has 2 aromatic rings. The van der Waals surface area contributed by atoms with Gasteiger partial charge in [0.1, 0.15) is 11.3 Å². The van der Waals surface area contributed by atoms with Crippen LogP contribution in [-0.2, 0) is 10.0 Å². The second-order valence-electron chi connectivity index (χ2n) is 4.93. The summed E-state index contributed by atoms with van der Waals surface area (Å²) in [6.07, 6.45) is 4.25. The molecule has 2 aromatic heterocycles. The lowest BCUT2D eigenvalue weighted by atomic mass is 10.1. The zero-order valence-corrected chi connectivity index (χ0v) is 13.7. The minimum atomic E-state index is -3.61. The summed E-state index contributed by atoms with van der Waals surface area (Å²) < 4.78 is 30.0. The van der Waals surface area contributed by atoms with Crippen LogP contribution in [0.2, 0.25) is 0 Å². The highest BCUT2D eigenvalue weighted by Crippen LogP contribution is 2.28.